The minimum absolute atomic E-state index is 0.0446. The number of likely N-dealkylation sites (tertiary alicyclic amines) is 1. The van der Waals surface area contributed by atoms with Crippen molar-refractivity contribution < 1.29 is 14.7 Å². The summed E-state index contributed by atoms with van der Waals surface area (Å²) in [5.41, 5.74) is -0.860. The van der Waals surface area contributed by atoms with E-state index in [9.17, 15) is 14.7 Å². The van der Waals surface area contributed by atoms with Gasteiger partial charge in [-0.25, -0.2) is 0 Å². The number of carbonyl (C=O) groups excluding carboxylic acids is 1. The zero-order valence-electron chi connectivity index (χ0n) is 9.53. The van der Waals surface area contributed by atoms with E-state index < -0.39 is 11.5 Å². The quantitative estimate of drug-likeness (QED) is 0.718. The van der Waals surface area contributed by atoms with Crippen LogP contribution in [0.15, 0.2) is 0 Å². The van der Waals surface area contributed by atoms with Crippen molar-refractivity contribution in [3.63, 3.8) is 0 Å². The second-order valence-electron chi connectivity index (χ2n) is 4.95. The predicted octanol–water partition coefficient (Wildman–Crippen LogP) is 0.204. The monoisotopic (exact) mass is 226 g/mol. The van der Waals surface area contributed by atoms with Gasteiger partial charge in [0.2, 0.25) is 5.91 Å². The van der Waals surface area contributed by atoms with Gasteiger partial charge in [0.15, 0.2) is 0 Å². The second-order valence-corrected chi connectivity index (χ2v) is 4.95. The van der Waals surface area contributed by atoms with Gasteiger partial charge in [-0.1, -0.05) is 0 Å². The first kappa shape index (κ1) is 11.4. The lowest BCUT2D eigenvalue weighted by Gasteiger charge is -2.30. The fraction of sp³-hybridized carbons (Fsp3) is 0.818. The third-order valence-corrected chi connectivity index (χ3v) is 3.53. The molecule has 1 atom stereocenters. The van der Waals surface area contributed by atoms with Crippen LogP contribution >= 0.6 is 0 Å². The Morgan fingerprint density at radius 2 is 2.19 bits per heavy atom. The first-order chi connectivity index (χ1) is 7.52. The van der Waals surface area contributed by atoms with E-state index in [-0.39, 0.29) is 12.5 Å². The molecule has 5 nitrogen and oxygen atoms in total. The molecule has 2 rings (SSSR count). The summed E-state index contributed by atoms with van der Waals surface area (Å²) >= 11 is 0. The third-order valence-electron chi connectivity index (χ3n) is 3.53. The minimum atomic E-state index is -0.860. The highest BCUT2D eigenvalue weighted by Gasteiger charge is 2.44. The molecule has 16 heavy (non-hydrogen) atoms. The molecule has 1 amide bonds. The molecule has 0 aromatic heterocycles. The number of carboxylic acid groups (broad SMARTS) is 1. The fourth-order valence-electron chi connectivity index (χ4n) is 2.19. The summed E-state index contributed by atoms with van der Waals surface area (Å²) in [6.45, 7) is 2.60. The van der Waals surface area contributed by atoms with Gasteiger partial charge in [0.25, 0.3) is 0 Å². The van der Waals surface area contributed by atoms with Crippen LogP contribution in [0.3, 0.4) is 0 Å². The van der Waals surface area contributed by atoms with Crippen molar-refractivity contribution in [2.45, 2.75) is 44.2 Å². The molecule has 1 heterocycles. The maximum Gasteiger partial charge on any atom is 0.323 e. The number of nitrogens with one attached hydrogen (secondary N) is 1. The van der Waals surface area contributed by atoms with Crippen LogP contribution in [-0.2, 0) is 9.59 Å². The van der Waals surface area contributed by atoms with Gasteiger partial charge in [-0.3, -0.25) is 14.5 Å². The smallest absolute Gasteiger partial charge is 0.323 e. The summed E-state index contributed by atoms with van der Waals surface area (Å²) in [7, 11) is 0. The van der Waals surface area contributed by atoms with Crippen molar-refractivity contribution >= 4 is 11.9 Å². The van der Waals surface area contributed by atoms with Gasteiger partial charge in [0.1, 0.15) is 5.54 Å². The Hall–Kier alpha value is -1.10. The van der Waals surface area contributed by atoms with E-state index in [0.717, 1.165) is 19.3 Å². The number of hydrogen-bond acceptors (Lipinski definition) is 3. The summed E-state index contributed by atoms with van der Waals surface area (Å²) < 4.78 is 0. The van der Waals surface area contributed by atoms with Gasteiger partial charge in [-0.05, 0) is 39.2 Å². The Kier molecular flexibility index (Phi) is 2.88. The summed E-state index contributed by atoms with van der Waals surface area (Å²) in [5, 5.41) is 12.1. The molecule has 5 heteroatoms. The summed E-state index contributed by atoms with van der Waals surface area (Å²) in [6, 6.07) is 0.339. The topological polar surface area (TPSA) is 69.6 Å². The molecule has 1 saturated carbocycles. The Morgan fingerprint density at radius 3 is 2.75 bits per heavy atom. The highest BCUT2D eigenvalue weighted by molar-refractivity contribution is 5.82. The molecule has 0 radical (unpaired) electrons. The zero-order valence-corrected chi connectivity index (χ0v) is 9.53. The third kappa shape index (κ3) is 2.19. The minimum Gasteiger partial charge on any atom is -0.480 e. The van der Waals surface area contributed by atoms with Crippen LogP contribution in [0.4, 0.5) is 0 Å². The van der Waals surface area contributed by atoms with E-state index in [1.165, 1.54) is 0 Å². The molecule has 1 unspecified atom stereocenters. The van der Waals surface area contributed by atoms with Crippen LogP contribution in [0, 0.1) is 0 Å². The van der Waals surface area contributed by atoms with Crippen LogP contribution in [-0.4, -0.2) is 46.6 Å². The van der Waals surface area contributed by atoms with Crippen molar-refractivity contribution in [2.75, 3.05) is 13.1 Å². The highest BCUT2D eigenvalue weighted by Crippen LogP contribution is 2.28. The lowest BCUT2D eigenvalue weighted by atomic mass is 9.99. The molecule has 1 aliphatic heterocycles. The van der Waals surface area contributed by atoms with E-state index >= 15 is 0 Å². The van der Waals surface area contributed by atoms with Gasteiger partial charge < -0.3 is 10.4 Å². The first-order valence-corrected chi connectivity index (χ1v) is 5.80. The van der Waals surface area contributed by atoms with Crippen molar-refractivity contribution in [1.82, 2.24) is 10.2 Å². The van der Waals surface area contributed by atoms with Crippen LogP contribution in [0.25, 0.3) is 0 Å². The van der Waals surface area contributed by atoms with Crippen LogP contribution < -0.4 is 5.32 Å². The molecule has 2 aliphatic rings. The molecule has 0 aromatic rings. The lowest BCUT2D eigenvalue weighted by molar-refractivity contribution is -0.149. The van der Waals surface area contributed by atoms with Gasteiger partial charge in [0, 0.05) is 6.04 Å². The van der Waals surface area contributed by atoms with Gasteiger partial charge in [0.05, 0.1) is 6.54 Å². The zero-order chi connectivity index (χ0) is 11.8. The van der Waals surface area contributed by atoms with E-state index in [1.54, 1.807) is 11.8 Å². The van der Waals surface area contributed by atoms with Crippen LogP contribution in [0.5, 0.6) is 0 Å². The summed E-state index contributed by atoms with van der Waals surface area (Å²) in [6.07, 6.45) is 3.59. The molecule has 90 valence electrons. The number of amides is 1. The Bertz CT molecular complexity index is 314. The normalized spacial score (nSPS) is 30.3. The number of hydrogen-bond donors (Lipinski definition) is 2. The SMILES string of the molecule is CC1(C(=O)O)CCCN1CC(=O)NC1CC1. The number of aliphatic carboxylic acids is 1. The van der Waals surface area contributed by atoms with Crippen molar-refractivity contribution in [3.05, 3.63) is 0 Å². The molecule has 0 aromatic carbocycles. The Morgan fingerprint density at radius 1 is 1.50 bits per heavy atom. The average molecular weight is 226 g/mol. The fourth-order valence-corrected chi connectivity index (χ4v) is 2.19. The van der Waals surface area contributed by atoms with Gasteiger partial charge in [-0.15, -0.1) is 0 Å². The summed E-state index contributed by atoms with van der Waals surface area (Å²) in [5.74, 6) is -0.874. The predicted molar refractivity (Wildman–Crippen MR) is 58.0 cm³/mol. The van der Waals surface area contributed by atoms with Gasteiger partial charge >= 0.3 is 5.97 Å². The number of carboxylic acids is 1. The van der Waals surface area contributed by atoms with Gasteiger partial charge in [-0.2, -0.15) is 0 Å². The largest absolute Gasteiger partial charge is 0.480 e. The van der Waals surface area contributed by atoms with E-state index in [0.29, 0.717) is 19.0 Å². The van der Waals surface area contributed by atoms with E-state index in [4.69, 9.17) is 0 Å². The van der Waals surface area contributed by atoms with Crippen molar-refractivity contribution in [1.29, 1.82) is 0 Å². The van der Waals surface area contributed by atoms with E-state index in [1.807, 2.05) is 0 Å². The molecule has 1 saturated heterocycles. The maximum atomic E-state index is 11.6. The Balaban J connectivity index is 1.92. The molecule has 2 N–H and O–H groups in total. The molecular formula is C11H18N2O3. The van der Waals surface area contributed by atoms with Crippen molar-refractivity contribution in [3.8, 4) is 0 Å². The molecule has 1 aliphatic carbocycles. The molecule has 0 spiro atoms. The Labute approximate surface area is 94.8 Å². The molecular weight excluding hydrogens is 208 g/mol. The number of carbonyl (C=O) groups is 2. The number of nitrogens with zero attached hydrogens (tertiary/aromatic N) is 1. The first-order valence-electron chi connectivity index (χ1n) is 5.80. The molecule has 0 bridgehead atoms. The summed E-state index contributed by atoms with van der Waals surface area (Å²) in [4.78, 5) is 24.6. The molecule has 2 fully saturated rings. The lowest BCUT2D eigenvalue weighted by Crippen LogP contribution is -2.51. The average Bonchev–Trinajstić information content (AvgIpc) is 2.92. The maximum absolute atomic E-state index is 11.6. The standard InChI is InChI=1S/C11H18N2O3/c1-11(10(15)16)5-2-6-13(11)7-9(14)12-8-3-4-8/h8H,2-7H2,1H3,(H,12,14)(H,15,16). The van der Waals surface area contributed by atoms with Crippen LogP contribution in [0.2, 0.25) is 0 Å². The number of rotatable bonds is 4. The van der Waals surface area contributed by atoms with Crippen LogP contribution in [0.1, 0.15) is 32.6 Å². The highest BCUT2D eigenvalue weighted by atomic mass is 16.4. The second kappa shape index (κ2) is 4.05. The van der Waals surface area contributed by atoms with Crippen molar-refractivity contribution in [2.24, 2.45) is 0 Å². The van der Waals surface area contributed by atoms with E-state index in [2.05, 4.69) is 5.32 Å².